The van der Waals surface area contributed by atoms with Crippen molar-refractivity contribution in [1.82, 2.24) is 10.6 Å². The molecule has 1 aromatic carbocycles. The summed E-state index contributed by atoms with van der Waals surface area (Å²) in [5.74, 6) is 1.47. The lowest BCUT2D eigenvalue weighted by Gasteiger charge is -2.14. The molecule has 4 nitrogen and oxygen atoms in total. The van der Waals surface area contributed by atoms with Crippen molar-refractivity contribution in [2.75, 3.05) is 20.2 Å². The molecule has 0 unspecified atom stereocenters. The van der Waals surface area contributed by atoms with Crippen LogP contribution in [0.25, 0.3) is 0 Å². The van der Waals surface area contributed by atoms with Crippen molar-refractivity contribution in [3.05, 3.63) is 29.3 Å². The summed E-state index contributed by atoms with van der Waals surface area (Å²) in [6.45, 7) is 5.32. The van der Waals surface area contributed by atoms with E-state index in [4.69, 9.17) is 16.3 Å². The number of nitrogens with one attached hydrogen (secondary N) is 2. The molecule has 0 aliphatic rings. The van der Waals surface area contributed by atoms with Crippen molar-refractivity contribution in [2.24, 2.45) is 4.99 Å². The minimum Gasteiger partial charge on any atom is -0.490 e. The van der Waals surface area contributed by atoms with Crippen LogP contribution >= 0.6 is 11.6 Å². The first-order valence-electron chi connectivity index (χ1n) is 5.98. The maximum atomic E-state index is 5.98. The van der Waals surface area contributed by atoms with Crippen molar-refractivity contribution in [3.63, 3.8) is 0 Å². The number of halogens is 1. The van der Waals surface area contributed by atoms with Crippen LogP contribution < -0.4 is 15.4 Å². The van der Waals surface area contributed by atoms with Crippen molar-refractivity contribution >= 4 is 17.6 Å². The van der Waals surface area contributed by atoms with Gasteiger partial charge in [0.2, 0.25) is 0 Å². The highest BCUT2D eigenvalue weighted by atomic mass is 35.5. The molecule has 0 saturated carbocycles. The summed E-state index contributed by atoms with van der Waals surface area (Å²) in [4.78, 5) is 4.10. The van der Waals surface area contributed by atoms with Gasteiger partial charge in [-0.2, -0.15) is 0 Å². The van der Waals surface area contributed by atoms with Crippen LogP contribution in [0.4, 0.5) is 0 Å². The minimum absolute atomic E-state index is 0.348. The first kappa shape index (κ1) is 14.6. The molecule has 0 atom stereocenters. The third-order valence-electron chi connectivity index (χ3n) is 2.14. The molecule has 0 radical (unpaired) electrons. The molecule has 0 fully saturated rings. The van der Waals surface area contributed by atoms with Gasteiger partial charge in [0.25, 0.3) is 0 Å². The highest BCUT2D eigenvalue weighted by Crippen LogP contribution is 2.22. The Hall–Kier alpha value is -1.42. The largest absolute Gasteiger partial charge is 0.490 e. The average molecular weight is 270 g/mol. The van der Waals surface area contributed by atoms with Crippen molar-refractivity contribution in [1.29, 1.82) is 0 Å². The number of rotatable bonds is 5. The van der Waals surface area contributed by atoms with Gasteiger partial charge in [0, 0.05) is 13.1 Å². The summed E-state index contributed by atoms with van der Waals surface area (Å²) in [6, 6.07) is 7.78. The maximum Gasteiger partial charge on any atom is 0.191 e. The molecule has 0 saturated heterocycles. The van der Waals surface area contributed by atoms with Crippen molar-refractivity contribution < 1.29 is 4.74 Å². The Kier molecular flexibility index (Phi) is 6.36. The quantitative estimate of drug-likeness (QED) is 0.490. The summed E-state index contributed by atoms with van der Waals surface area (Å²) in [6.07, 6.45) is 0. The normalized spacial score (nSPS) is 11.5. The number of guanidine groups is 1. The van der Waals surface area contributed by atoms with Crippen LogP contribution in [0.3, 0.4) is 0 Å². The second kappa shape index (κ2) is 7.82. The van der Waals surface area contributed by atoms with Gasteiger partial charge in [-0.05, 0) is 26.0 Å². The fourth-order valence-corrected chi connectivity index (χ4v) is 1.55. The highest BCUT2D eigenvalue weighted by molar-refractivity contribution is 6.32. The van der Waals surface area contributed by atoms with Crippen LogP contribution in [0.5, 0.6) is 5.75 Å². The fraction of sp³-hybridized carbons (Fsp3) is 0.462. The van der Waals surface area contributed by atoms with Gasteiger partial charge < -0.3 is 15.4 Å². The van der Waals surface area contributed by atoms with Gasteiger partial charge in [-0.1, -0.05) is 23.7 Å². The van der Waals surface area contributed by atoms with E-state index in [0.29, 0.717) is 30.0 Å². The summed E-state index contributed by atoms with van der Waals surface area (Å²) in [5.41, 5.74) is 0. The molecule has 1 aromatic rings. The molecule has 0 aliphatic heterocycles. The predicted molar refractivity (Wildman–Crippen MR) is 76.6 cm³/mol. The lowest BCUT2D eigenvalue weighted by molar-refractivity contribution is 0.322. The Morgan fingerprint density at radius 2 is 2.11 bits per heavy atom. The van der Waals surface area contributed by atoms with Gasteiger partial charge in [0.15, 0.2) is 5.96 Å². The Morgan fingerprint density at radius 3 is 2.72 bits per heavy atom. The number of ether oxygens (including phenoxy) is 1. The predicted octanol–water partition coefficient (Wildman–Crippen LogP) is 2.29. The molecule has 5 heteroatoms. The number of nitrogens with zero attached hydrogens (tertiary/aromatic N) is 1. The number of benzene rings is 1. The molecule has 0 bridgehead atoms. The Morgan fingerprint density at radius 1 is 1.39 bits per heavy atom. The van der Waals surface area contributed by atoms with Crippen LogP contribution in [-0.2, 0) is 0 Å². The van der Waals surface area contributed by atoms with E-state index in [1.54, 1.807) is 7.05 Å². The second-order valence-electron chi connectivity index (χ2n) is 4.08. The lowest BCUT2D eigenvalue weighted by atomic mass is 10.3. The van der Waals surface area contributed by atoms with Crippen molar-refractivity contribution in [2.45, 2.75) is 19.9 Å². The number of para-hydroxylation sites is 1. The van der Waals surface area contributed by atoms with Gasteiger partial charge in [-0.25, -0.2) is 0 Å². The Balaban J connectivity index is 2.28. The fourth-order valence-electron chi connectivity index (χ4n) is 1.36. The molecular weight excluding hydrogens is 250 g/mol. The van der Waals surface area contributed by atoms with E-state index < -0.39 is 0 Å². The van der Waals surface area contributed by atoms with Gasteiger partial charge >= 0.3 is 0 Å². The molecule has 18 heavy (non-hydrogen) atoms. The van der Waals surface area contributed by atoms with Crippen LogP contribution in [0, 0.1) is 0 Å². The van der Waals surface area contributed by atoms with Crippen molar-refractivity contribution in [3.8, 4) is 5.75 Å². The maximum absolute atomic E-state index is 5.98. The Bertz CT molecular complexity index is 394. The molecule has 2 N–H and O–H groups in total. The minimum atomic E-state index is 0.348. The first-order valence-corrected chi connectivity index (χ1v) is 6.35. The monoisotopic (exact) mass is 269 g/mol. The van der Waals surface area contributed by atoms with E-state index in [9.17, 15) is 0 Å². The number of hydrogen-bond acceptors (Lipinski definition) is 2. The molecule has 0 aliphatic carbocycles. The molecule has 0 aromatic heterocycles. The van der Waals surface area contributed by atoms with E-state index >= 15 is 0 Å². The van der Waals surface area contributed by atoms with Crippen LogP contribution in [-0.4, -0.2) is 32.2 Å². The standard InChI is InChI=1S/C13H20ClN3O/c1-10(2)17-13(15-3)16-8-9-18-12-7-5-4-6-11(12)14/h4-7,10H,8-9H2,1-3H3,(H2,15,16,17). The van der Waals surface area contributed by atoms with Crippen LogP contribution in [0.15, 0.2) is 29.3 Å². The SMILES string of the molecule is CN=C(NCCOc1ccccc1Cl)NC(C)C. The highest BCUT2D eigenvalue weighted by Gasteiger charge is 2.01. The van der Waals surface area contributed by atoms with Gasteiger partial charge in [0.1, 0.15) is 12.4 Å². The molecule has 100 valence electrons. The zero-order chi connectivity index (χ0) is 13.4. The van der Waals surface area contributed by atoms with E-state index in [1.807, 2.05) is 24.3 Å². The van der Waals surface area contributed by atoms with Crippen LogP contribution in [0.1, 0.15) is 13.8 Å². The number of aliphatic imine (C=N–C) groups is 1. The van der Waals surface area contributed by atoms with Crippen LogP contribution in [0.2, 0.25) is 5.02 Å². The molecular formula is C13H20ClN3O. The third-order valence-corrected chi connectivity index (χ3v) is 2.45. The Labute approximate surface area is 113 Å². The molecule has 0 spiro atoms. The lowest BCUT2D eigenvalue weighted by Crippen LogP contribution is -2.42. The molecule has 0 amide bonds. The third kappa shape index (κ3) is 5.27. The van der Waals surface area contributed by atoms with E-state index in [-0.39, 0.29) is 0 Å². The van der Waals surface area contributed by atoms with Gasteiger partial charge in [-0.15, -0.1) is 0 Å². The molecule has 0 heterocycles. The zero-order valence-corrected chi connectivity index (χ0v) is 11.8. The second-order valence-corrected chi connectivity index (χ2v) is 4.48. The summed E-state index contributed by atoms with van der Waals surface area (Å²) >= 11 is 5.98. The van der Waals surface area contributed by atoms with E-state index in [2.05, 4.69) is 29.5 Å². The zero-order valence-electron chi connectivity index (χ0n) is 11.0. The van der Waals surface area contributed by atoms with E-state index in [1.165, 1.54) is 0 Å². The smallest absolute Gasteiger partial charge is 0.191 e. The van der Waals surface area contributed by atoms with Gasteiger partial charge in [-0.3, -0.25) is 4.99 Å². The summed E-state index contributed by atoms with van der Waals surface area (Å²) in [7, 11) is 1.74. The topological polar surface area (TPSA) is 45.7 Å². The summed E-state index contributed by atoms with van der Waals surface area (Å²) in [5, 5.41) is 6.99. The number of hydrogen-bond donors (Lipinski definition) is 2. The average Bonchev–Trinajstić information content (AvgIpc) is 2.34. The van der Waals surface area contributed by atoms with Gasteiger partial charge in [0.05, 0.1) is 11.6 Å². The summed E-state index contributed by atoms with van der Waals surface area (Å²) < 4.78 is 5.56. The van der Waals surface area contributed by atoms with E-state index in [0.717, 1.165) is 5.96 Å². The first-order chi connectivity index (χ1) is 8.63. The molecule has 1 rings (SSSR count).